The van der Waals surface area contributed by atoms with Crippen molar-refractivity contribution >= 4 is 44.1 Å². The van der Waals surface area contributed by atoms with E-state index in [1.54, 1.807) is 23.6 Å². The normalized spacial score (nSPS) is 10.5. The van der Waals surface area contributed by atoms with Crippen molar-refractivity contribution in [3.05, 3.63) is 31.9 Å². The summed E-state index contributed by atoms with van der Waals surface area (Å²) in [6, 6.07) is 2.09. The molecule has 0 aromatic carbocycles. The van der Waals surface area contributed by atoms with Gasteiger partial charge in [0, 0.05) is 20.1 Å². The summed E-state index contributed by atoms with van der Waals surface area (Å²) in [5.74, 6) is -0.565. The van der Waals surface area contributed by atoms with Gasteiger partial charge < -0.3 is 10.2 Å². The highest BCUT2D eigenvalue weighted by molar-refractivity contribution is 9.10. The molecule has 2 aromatic heterocycles. The lowest BCUT2D eigenvalue weighted by Crippen LogP contribution is -2.30. The highest BCUT2D eigenvalue weighted by Crippen LogP contribution is 2.34. The maximum atomic E-state index is 12.7. The van der Waals surface area contributed by atoms with Crippen molar-refractivity contribution in [2.75, 3.05) is 18.4 Å². The summed E-state index contributed by atoms with van der Waals surface area (Å²) in [7, 11) is 1.74. The Morgan fingerprint density at radius 2 is 1.96 bits per heavy atom. The summed E-state index contributed by atoms with van der Waals surface area (Å²) in [4.78, 5) is 27.4. The van der Waals surface area contributed by atoms with Crippen LogP contribution in [0.25, 0.3) is 0 Å². The highest BCUT2D eigenvalue weighted by atomic mass is 79.9. The molecule has 0 aliphatic heterocycles. The fourth-order valence-electron chi connectivity index (χ4n) is 2.48. The third-order valence-corrected chi connectivity index (χ3v) is 6.35. The first-order chi connectivity index (χ1) is 12.3. The largest absolute Gasteiger partial charge is 0.338 e. The molecular weight excluding hydrogens is 418 g/mol. The molecule has 2 rings (SSSR count). The van der Waals surface area contributed by atoms with Crippen molar-refractivity contribution < 1.29 is 9.59 Å². The van der Waals surface area contributed by atoms with E-state index in [1.165, 1.54) is 0 Å². The molecule has 0 bridgehead atoms. The number of aryl methyl sites for hydroxylation is 1. The Balaban J connectivity index is 2.40. The van der Waals surface area contributed by atoms with E-state index in [0.29, 0.717) is 38.6 Å². The molecule has 7 nitrogen and oxygen atoms in total. The van der Waals surface area contributed by atoms with Gasteiger partial charge in [0.1, 0.15) is 11.1 Å². The van der Waals surface area contributed by atoms with Crippen molar-refractivity contribution in [1.82, 2.24) is 14.7 Å². The topological polar surface area (TPSA) is 91.0 Å². The van der Waals surface area contributed by atoms with Gasteiger partial charge in [-0.15, -0.1) is 11.3 Å². The molecule has 0 spiro atoms. The molecule has 2 amide bonds. The zero-order valence-electron chi connectivity index (χ0n) is 15.3. The quantitative estimate of drug-likeness (QED) is 0.774. The molecule has 0 saturated heterocycles. The molecule has 26 heavy (non-hydrogen) atoms. The third kappa shape index (κ3) is 3.52. The Morgan fingerprint density at radius 1 is 1.35 bits per heavy atom. The van der Waals surface area contributed by atoms with Gasteiger partial charge in [-0.3, -0.25) is 14.3 Å². The number of nitrogens with zero attached hydrogens (tertiary/aromatic N) is 4. The average molecular weight is 438 g/mol. The second kappa shape index (κ2) is 8.01. The number of hydrogen-bond donors (Lipinski definition) is 1. The van der Waals surface area contributed by atoms with Crippen molar-refractivity contribution in [2.24, 2.45) is 7.05 Å². The van der Waals surface area contributed by atoms with Crippen LogP contribution >= 0.6 is 27.3 Å². The monoisotopic (exact) mass is 437 g/mol. The Hall–Kier alpha value is -2.18. The zero-order chi connectivity index (χ0) is 19.6. The van der Waals surface area contributed by atoms with Crippen LogP contribution in [0.4, 0.5) is 5.00 Å². The molecule has 1 N–H and O–H groups in total. The number of nitrogens with one attached hydrogen (secondary N) is 1. The first-order valence-electron chi connectivity index (χ1n) is 8.09. The van der Waals surface area contributed by atoms with E-state index in [0.717, 1.165) is 17.0 Å². The minimum absolute atomic E-state index is 0.135. The molecule has 0 atom stereocenters. The first kappa shape index (κ1) is 20.1. The molecule has 0 unspecified atom stereocenters. The van der Waals surface area contributed by atoms with E-state index in [1.807, 2.05) is 20.8 Å². The van der Waals surface area contributed by atoms with Gasteiger partial charge >= 0.3 is 0 Å². The van der Waals surface area contributed by atoms with Crippen LogP contribution in [0.2, 0.25) is 0 Å². The SMILES string of the molecule is CCN(CC)C(=O)c1sc(NC(=O)c2nn(C)c(C)c2Br)c(C#N)c1C. The number of hydrogen-bond acceptors (Lipinski definition) is 5. The summed E-state index contributed by atoms with van der Waals surface area (Å²) in [6.45, 7) is 8.53. The van der Waals surface area contributed by atoms with Crippen molar-refractivity contribution in [2.45, 2.75) is 27.7 Å². The zero-order valence-corrected chi connectivity index (χ0v) is 17.7. The number of rotatable bonds is 5. The summed E-state index contributed by atoms with van der Waals surface area (Å²) in [6.07, 6.45) is 0. The number of thiophene rings is 1. The molecule has 0 fully saturated rings. The van der Waals surface area contributed by atoms with Crippen LogP contribution in [-0.2, 0) is 7.05 Å². The molecule has 0 radical (unpaired) electrons. The molecule has 138 valence electrons. The number of nitriles is 1. The van der Waals surface area contributed by atoms with Gasteiger partial charge in [-0.1, -0.05) is 0 Å². The van der Waals surface area contributed by atoms with Crippen LogP contribution in [0.15, 0.2) is 4.47 Å². The van der Waals surface area contributed by atoms with Crippen LogP contribution in [-0.4, -0.2) is 39.6 Å². The van der Waals surface area contributed by atoms with Gasteiger partial charge in [0.05, 0.1) is 20.6 Å². The molecule has 0 aliphatic carbocycles. The van der Waals surface area contributed by atoms with E-state index >= 15 is 0 Å². The first-order valence-corrected chi connectivity index (χ1v) is 9.70. The molecule has 9 heteroatoms. The van der Waals surface area contributed by atoms with Gasteiger partial charge in [0.2, 0.25) is 0 Å². The predicted molar refractivity (Wildman–Crippen MR) is 105 cm³/mol. The number of amides is 2. The minimum atomic E-state index is -0.430. The summed E-state index contributed by atoms with van der Waals surface area (Å²) < 4.78 is 2.20. The van der Waals surface area contributed by atoms with Crippen LogP contribution in [0, 0.1) is 25.2 Å². The van der Waals surface area contributed by atoms with E-state index in [4.69, 9.17) is 0 Å². The number of anilines is 1. The van der Waals surface area contributed by atoms with Crippen LogP contribution in [0.3, 0.4) is 0 Å². The number of halogens is 1. The Morgan fingerprint density at radius 3 is 2.42 bits per heavy atom. The summed E-state index contributed by atoms with van der Waals surface area (Å²) >= 11 is 4.49. The molecule has 0 saturated carbocycles. The van der Waals surface area contributed by atoms with Gasteiger partial charge in [0.25, 0.3) is 11.8 Å². The minimum Gasteiger partial charge on any atom is -0.338 e. The van der Waals surface area contributed by atoms with Gasteiger partial charge in [-0.05, 0) is 49.2 Å². The van der Waals surface area contributed by atoms with Crippen molar-refractivity contribution in [3.63, 3.8) is 0 Å². The average Bonchev–Trinajstić information content (AvgIpc) is 3.06. The lowest BCUT2D eigenvalue weighted by molar-refractivity contribution is 0.0777. The van der Waals surface area contributed by atoms with Crippen molar-refractivity contribution in [1.29, 1.82) is 5.26 Å². The van der Waals surface area contributed by atoms with E-state index in [-0.39, 0.29) is 11.6 Å². The van der Waals surface area contributed by atoms with E-state index < -0.39 is 5.91 Å². The third-order valence-electron chi connectivity index (χ3n) is 4.21. The fourth-order valence-corrected chi connectivity index (χ4v) is 4.12. The Labute approximate surface area is 164 Å². The molecule has 2 heterocycles. The smallest absolute Gasteiger partial charge is 0.277 e. The molecule has 0 aliphatic rings. The molecular formula is C17H20BrN5O2S. The van der Waals surface area contributed by atoms with E-state index in [9.17, 15) is 14.9 Å². The maximum Gasteiger partial charge on any atom is 0.277 e. The lowest BCUT2D eigenvalue weighted by Gasteiger charge is -2.17. The summed E-state index contributed by atoms with van der Waals surface area (Å²) in [5, 5.41) is 16.8. The van der Waals surface area contributed by atoms with Crippen LogP contribution in [0.1, 0.15) is 50.8 Å². The number of carbonyl (C=O) groups excluding carboxylic acids is 2. The predicted octanol–water partition coefficient (Wildman–Crippen LogP) is 3.47. The second-order valence-electron chi connectivity index (χ2n) is 5.68. The fraction of sp³-hybridized carbons (Fsp3) is 0.412. The maximum absolute atomic E-state index is 12.7. The van der Waals surface area contributed by atoms with E-state index in [2.05, 4.69) is 32.4 Å². The number of aromatic nitrogens is 2. The van der Waals surface area contributed by atoms with Gasteiger partial charge in [0.15, 0.2) is 5.69 Å². The van der Waals surface area contributed by atoms with Crippen molar-refractivity contribution in [3.8, 4) is 6.07 Å². The number of carbonyl (C=O) groups is 2. The van der Waals surface area contributed by atoms with Crippen LogP contribution < -0.4 is 5.32 Å². The van der Waals surface area contributed by atoms with Gasteiger partial charge in [-0.2, -0.15) is 10.4 Å². The Kier molecular flexibility index (Phi) is 6.21. The lowest BCUT2D eigenvalue weighted by atomic mass is 10.1. The van der Waals surface area contributed by atoms with Gasteiger partial charge in [-0.25, -0.2) is 0 Å². The molecule has 2 aromatic rings. The standard InChI is InChI=1S/C17H20BrN5O2S/c1-6-23(7-2)17(25)14-9(3)11(8-19)16(26-14)20-15(24)13-12(18)10(4)22(5)21-13/h6-7H2,1-5H3,(H,20,24). The summed E-state index contributed by atoms with van der Waals surface area (Å²) in [5.41, 5.74) is 1.94. The highest BCUT2D eigenvalue weighted by Gasteiger charge is 2.25. The Bertz CT molecular complexity index is 905. The second-order valence-corrected chi connectivity index (χ2v) is 7.49. The van der Waals surface area contributed by atoms with Crippen LogP contribution in [0.5, 0.6) is 0 Å².